The number of benzene rings is 2. The molecule has 0 spiro atoms. The van der Waals surface area contributed by atoms with Crippen molar-refractivity contribution in [2.75, 3.05) is 27.3 Å². The highest BCUT2D eigenvalue weighted by Crippen LogP contribution is 2.39. The number of carbonyl (C=O) groups excluding carboxylic acids is 1. The molecule has 1 aliphatic carbocycles. The lowest BCUT2D eigenvalue weighted by Gasteiger charge is -2.32. The minimum Gasteiger partial charge on any atom is -0.493 e. The number of Topliss-reactive ketones (excluding diaryl/α,β-unsaturated/α-hetero) is 1. The zero-order chi connectivity index (χ0) is 25.8. The van der Waals surface area contributed by atoms with Gasteiger partial charge in [-0.05, 0) is 67.9 Å². The van der Waals surface area contributed by atoms with Crippen LogP contribution in [0.25, 0.3) is 0 Å². The van der Waals surface area contributed by atoms with Gasteiger partial charge in [-0.1, -0.05) is 30.3 Å². The predicted octanol–water partition coefficient (Wildman–Crippen LogP) is 4.36. The van der Waals surface area contributed by atoms with Gasteiger partial charge in [0.15, 0.2) is 17.3 Å². The molecule has 1 unspecified atom stereocenters. The zero-order valence-electron chi connectivity index (χ0n) is 23.1. The van der Waals surface area contributed by atoms with Gasteiger partial charge in [0, 0.05) is 27.5 Å². The van der Waals surface area contributed by atoms with Crippen molar-refractivity contribution >= 4 is 5.78 Å². The predicted molar refractivity (Wildman–Crippen MR) is 110 cm³/mol. The lowest BCUT2D eigenvalue weighted by Crippen LogP contribution is -2.34. The monoisotopic (exact) mass is 386 g/mol. The fourth-order valence-corrected chi connectivity index (χ4v) is 3.63. The highest BCUT2D eigenvalue weighted by Gasteiger charge is 2.34. The Morgan fingerprint density at radius 3 is 2.50 bits per heavy atom. The van der Waals surface area contributed by atoms with Gasteiger partial charge in [-0.25, -0.2) is 0 Å². The highest BCUT2D eigenvalue weighted by atomic mass is 16.5. The third-order valence-electron chi connectivity index (χ3n) is 5.16. The minimum atomic E-state index is -2.72. The van der Waals surface area contributed by atoms with Crippen molar-refractivity contribution in [2.24, 2.45) is 11.8 Å². The van der Waals surface area contributed by atoms with Crippen LogP contribution in [0.5, 0.6) is 11.5 Å². The quantitative estimate of drug-likeness (QED) is 0.739. The van der Waals surface area contributed by atoms with Crippen molar-refractivity contribution in [1.29, 1.82) is 0 Å². The number of piperidine rings is 1. The van der Waals surface area contributed by atoms with Gasteiger partial charge < -0.3 is 9.47 Å². The molecule has 0 aromatic heterocycles. The number of methoxy groups -OCH3 is 2. The zero-order valence-corrected chi connectivity index (χ0v) is 16.1. The number of rotatable bonds is 6. The normalized spacial score (nSPS) is 29.4. The summed E-state index contributed by atoms with van der Waals surface area (Å²) in [7, 11) is 2.76. The first-order valence-corrected chi connectivity index (χ1v) is 9.46. The average Bonchev–Trinajstić information content (AvgIpc) is 3.01. The van der Waals surface area contributed by atoms with Gasteiger partial charge in [-0.2, -0.15) is 0 Å². The number of fused-ring (bicyclic) bond motifs is 1. The molecule has 0 radical (unpaired) electrons. The lowest BCUT2D eigenvalue weighted by molar-refractivity contribution is 0.0895. The molecule has 1 atom stereocenters. The summed E-state index contributed by atoms with van der Waals surface area (Å²) >= 11 is 0. The summed E-state index contributed by atoms with van der Waals surface area (Å²) < 4.78 is 71.9. The molecule has 4 nitrogen and oxygen atoms in total. The molecule has 1 saturated heterocycles. The summed E-state index contributed by atoms with van der Waals surface area (Å²) in [6, 6.07) is 11.4. The molecule has 1 heterocycles. The van der Waals surface area contributed by atoms with Crippen LogP contribution < -0.4 is 9.47 Å². The summed E-state index contributed by atoms with van der Waals surface area (Å²) in [5.74, 6) is -4.04. The van der Waals surface area contributed by atoms with E-state index < -0.39 is 36.8 Å². The maximum Gasteiger partial charge on any atom is 0.166 e. The summed E-state index contributed by atoms with van der Waals surface area (Å²) in [5, 5.41) is 0. The number of carbonyl (C=O) groups is 1. The Bertz CT molecular complexity index is 1120. The summed E-state index contributed by atoms with van der Waals surface area (Å²) in [4.78, 5) is 15.1. The summed E-state index contributed by atoms with van der Waals surface area (Å²) in [6.45, 7) is -1.32. The van der Waals surface area contributed by atoms with E-state index in [1.807, 2.05) is 6.07 Å². The number of hydrogen-bond acceptors (Lipinski definition) is 4. The molecule has 4 rings (SSSR count). The van der Waals surface area contributed by atoms with Gasteiger partial charge in [0.2, 0.25) is 0 Å². The fourth-order valence-electron chi connectivity index (χ4n) is 3.63. The molecular formula is C24H29NO3. The molecule has 1 fully saturated rings. The van der Waals surface area contributed by atoms with Crippen LogP contribution in [0.15, 0.2) is 42.5 Å². The number of likely N-dealkylation sites (tertiary alicyclic amines) is 1. The SMILES string of the molecule is [2H]C([2H])(c1ccccc1)N1CCC(C([2H])([2H])C2([2H])C(=O)c3cc(OC)c(OC)cc3C2([2H])[2H])CC1. The van der Waals surface area contributed by atoms with Gasteiger partial charge in [0.05, 0.1) is 14.2 Å². The van der Waals surface area contributed by atoms with E-state index in [1.165, 1.54) is 26.4 Å². The van der Waals surface area contributed by atoms with Crippen molar-refractivity contribution < 1.29 is 23.9 Å². The van der Waals surface area contributed by atoms with E-state index in [2.05, 4.69) is 0 Å². The first-order chi connectivity index (χ1) is 16.3. The van der Waals surface area contributed by atoms with Crippen LogP contribution in [0.1, 0.15) is 50.3 Å². The van der Waals surface area contributed by atoms with Crippen LogP contribution in [0.2, 0.25) is 0 Å². The molecule has 0 amide bonds. The number of hydrogen-bond donors (Lipinski definition) is 0. The second kappa shape index (κ2) is 8.36. The van der Waals surface area contributed by atoms with E-state index in [1.54, 1.807) is 29.2 Å². The Labute approximate surface area is 177 Å². The van der Waals surface area contributed by atoms with Gasteiger partial charge >= 0.3 is 0 Å². The van der Waals surface area contributed by atoms with Crippen molar-refractivity contribution in [3.8, 4) is 11.5 Å². The van der Waals surface area contributed by atoms with E-state index in [0.717, 1.165) is 0 Å². The van der Waals surface area contributed by atoms with E-state index >= 15 is 0 Å². The van der Waals surface area contributed by atoms with Gasteiger partial charge in [0.25, 0.3) is 0 Å². The van der Waals surface area contributed by atoms with E-state index in [-0.39, 0.29) is 48.6 Å². The van der Waals surface area contributed by atoms with Crippen molar-refractivity contribution in [2.45, 2.75) is 32.1 Å². The summed E-state index contributed by atoms with van der Waals surface area (Å²) in [6.07, 6.45) is -4.75. The van der Waals surface area contributed by atoms with Gasteiger partial charge in [0.1, 0.15) is 0 Å². The highest BCUT2D eigenvalue weighted by molar-refractivity contribution is 6.02. The van der Waals surface area contributed by atoms with Crippen LogP contribution in [0.3, 0.4) is 0 Å². The second-order valence-corrected chi connectivity index (χ2v) is 6.97. The van der Waals surface area contributed by atoms with Crippen LogP contribution in [0.4, 0.5) is 0 Å². The Morgan fingerprint density at radius 2 is 1.82 bits per heavy atom. The second-order valence-electron chi connectivity index (χ2n) is 6.97. The molecular weight excluding hydrogens is 350 g/mol. The minimum absolute atomic E-state index is 0.0793. The first kappa shape index (κ1) is 12.3. The molecule has 148 valence electrons. The smallest absolute Gasteiger partial charge is 0.166 e. The molecule has 2 aromatic carbocycles. The third kappa shape index (κ3) is 3.93. The van der Waals surface area contributed by atoms with Crippen LogP contribution in [0, 0.1) is 11.8 Å². The van der Waals surface area contributed by atoms with E-state index in [9.17, 15) is 4.79 Å². The number of ketones is 1. The van der Waals surface area contributed by atoms with Gasteiger partial charge in [-0.15, -0.1) is 0 Å². The van der Waals surface area contributed by atoms with Crippen LogP contribution in [-0.4, -0.2) is 38.0 Å². The third-order valence-corrected chi connectivity index (χ3v) is 5.16. The van der Waals surface area contributed by atoms with E-state index in [0.29, 0.717) is 5.56 Å². The lowest BCUT2D eigenvalue weighted by atomic mass is 9.85. The standard InChI is InChI=1S/C24H29NO3/c1-27-22-14-19-13-20(24(26)21(19)15-23(22)28-2)12-17-8-10-25(11-9-17)16-18-6-4-3-5-7-18/h3-7,14-15,17,20H,8-13,16H2,1-2H3/i12D2,13D2,16D2,20D. The Hall–Kier alpha value is -2.33. The molecule has 4 heteroatoms. The summed E-state index contributed by atoms with van der Waals surface area (Å²) in [5.41, 5.74) is 0.334. The largest absolute Gasteiger partial charge is 0.493 e. The first-order valence-electron chi connectivity index (χ1n) is 13.0. The maximum atomic E-state index is 13.5. The molecule has 28 heavy (non-hydrogen) atoms. The molecule has 0 bridgehead atoms. The van der Waals surface area contributed by atoms with Crippen LogP contribution in [-0.2, 0) is 12.9 Å². The number of nitrogens with zero attached hydrogens (tertiary/aromatic N) is 1. The Morgan fingerprint density at radius 1 is 1.14 bits per heavy atom. The molecule has 0 N–H and O–H groups in total. The molecule has 1 aliphatic heterocycles. The fraction of sp³-hybridized carbons (Fsp3) is 0.458. The number of ether oxygens (including phenoxy) is 2. The molecule has 0 saturated carbocycles. The van der Waals surface area contributed by atoms with Crippen molar-refractivity contribution in [1.82, 2.24) is 4.90 Å². The van der Waals surface area contributed by atoms with Crippen molar-refractivity contribution in [3.05, 3.63) is 59.2 Å². The van der Waals surface area contributed by atoms with E-state index in [4.69, 9.17) is 19.1 Å². The van der Waals surface area contributed by atoms with Crippen LogP contribution >= 0.6 is 0 Å². The Balaban J connectivity index is 1.63. The maximum absolute atomic E-state index is 13.5. The topological polar surface area (TPSA) is 38.8 Å². The average molecular weight is 387 g/mol. The Kier molecular flexibility index (Phi) is 3.66. The molecule has 2 aliphatic rings. The van der Waals surface area contributed by atoms with Gasteiger partial charge in [-0.3, -0.25) is 9.69 Å². The van der Waals surface area contributed by atoms with Crippen molar-refractivity contribution in [3.63, 3.8) is 0 Å². The molecule has 2 aromatic rings.